The number of piperidine rings is 1. The van der Waals surface area contributed by atoms with E-state index in [4.69, 9.17) is 5.11 Å². The number of benzene rings is 1. The van der Waals surface area contributed by atoms with Crippen LogP contribution in [0.2, 0.25) is 0 Å². The third-order valence-corrected chi connectivity index (χ3v) is 3.86. The molecular formula is C17H22N2O2. The zero-order chi connectivity index (χ0) is 15.1. The van der Waals surface area contributed by atoms with E-state index in [-0.39, 0.29) is 12.5 Å². The van der Waals surface area contributed by atoms with Gasteiger partial charge in [0.2, 0.25) is 0 Å². The minimum atomic E-state index is -0.176. The molecule has 112 valence electrons. The molecule has 1 fully saturated rings. The summed E-state index contributed by atoms with van der Waals surface area (Å²) in [5.41, 5.74) is 1.35. The molecular weight excluding hydrogens is 264 g/mol. The van der Waals surface area contributed by atoms with Crippen molar-refractivity contribution in [2.45, 2.75) is 25.3 Å². The van der Waals surface area contributed by atoms with Crippen LogP contribution in [0.25, 0.3) is 0 Å². The summed E-state index contributed by atoms with van der Waals surface area (Å²) < 4.78 is 0. The zero-order valence-electron chi connectivity index (χ0n) is 12.4. The van der Waals surface area contributed by atoms with Gasteiger partial charge < -0.3 is 15.3 Å². The smallest absolute Gasteiger partial charge is 0.251 e. The van der Waals surface area contributed by atoms with Crippen molar-refractivity contribution in [1.82, 2.24) is 10.2 Å². The Morgan fingerprint density at radius 2 is 2.33 bits per heavy atom. The van der Waals surface area contributed by atoms with Gasteiger partial charge in [-0.3, -0.25) is 4.79 Å². The zero-order valence-corrected chi connectivity index (χ0v) is 12.4. The van der Waals surface area contributed by atoms with Crippen LogP contribution in [0.1, 0.15) is 35.2 Å². The molecule has 0 spiro atoms. The minimum absolute atomic E-state index is 0.0679. The van der Waals surface area contributed by atoms with E-state index in [1.165, 1.54) is 12.8 Å². The summed E-state index contributed by atoms with van der Waals surface area (Å²) in [6.07, 6.45) is 3.61. The Morgan fingerprint density at radius 3 is 3.10 bits per heavy atom. The lowest BCUT2D eigenvalue weighted by Crippen LogP contribution is -2.44. The fraction of sp³-hybridized carbons (Fsp3) is 0.471. The van der Waals surface area contributed by atoms with Crippen molar-refractivity contribution >= 4 is 5.91 Å². The van der Waals surface area contributed by atoms with Gasteiger partial charge in [0.15, 0.2) is 0 Å². The van der Waals surface area contributed by atoms with E-state index in [0.717, 1.165) is 18.5 Å². The maximum absolute atomic E-state index is 12.2. The van der Waals surface area contributed by atoms with Crippen LogP contribution >= 0.6 is 0 Å². The van der Waals surface area contributed by atoms with Gasteiger partial charge in [-0.2, -0.15) is 0 Å². The van der Waals surface area contributed by atoms with Crippen LogP contribution in [0.15, 0.2) is 24.3 Å². The minimum Gasteiger partial charge on any atom is -0.384 e. The number of likely N-dealkylation sites (N-methyl/N-ethyl adjacent to an activating group) is 1. The van der Waals surface area contributed by atoms with Crippen LogP contribution in [0.5, 0.6) is 0 Å². The second kappa shape index (κ2) is 7.82. The fourth-order valence-corrected chi connectivity index (χ4v) is 2.59. The maximum atomic E-state index is 12.2. The van der Waals surface area contributed by atoms with Gasteiger partial charge in [-0.1, -0.05) is 24.3 Å². The van der Waals surface area contributed by atoms with Crippen LogP contribution in [-0.2, 0) is 0 Å². The van der Waals surface area contributed by atoms with E-state index in [0.29, 0.717) is 18.2 Å². The lowest BCUT2D eigenvalue weighted by Gasteiger charge is -2.32. The average Bonchev–Trinajstić information content (AvgIpc) is 2.52. The normalized spacial score (nSPS) is 18.7. The van der Waals surface area contributed by atoms with Crippen LogP contribution in [0.3, 0.4) is 0 Å². The quantitative estimate of drug-likeness (QED) is 0.822. The predicted molar refractivity (Wildman–Crippen MR) is 83.0 cm³/mol. The van der Waals surface area contributed by atoms with Crippen molar-refractivity contribution in [3.05, 3.63) is 35.4 Å². The van der Waals surface area contributed by atoms with Gasteiger partial charge in [-0.15, -0.1) is 0 Å². The number of hydrogen-bond donors (Lipinski definition) is 2. The summed E-state index contributed by atoms with van der Waals surface area (Å²) in [5.74, 6) is 5.33. The molecule has 1 atom stereocenters. The summed E-state index contributed by atoms with van der Waals surface area (Å²) in [4.78, 5) is 14.5. The van der Waals surface area contributed by atoms with Gasteiger partial charge in [0.25, 0.3) is 5.91 Å². The van der Waals surface area contributed by atoms with Crippen molar-refractivity contribution in [2.75, 3.05) is 26.7 Å². The molecule has 0 radical (unpaired) electrons. The number of rotatable bonds is 3. The number of aliphatic hydroxyl groups excluding tert-OH is 1. The summed E-state index contributed by atoms with van der Waals surface area (Å²) in [6, 6.07) is 7.60. The van der Waals surface area contributed by atoms with E-state index in [9.17, 15) is 4.79 Å². The standard InChI is InChI=1S/C17H22N2O2/c1-19-10-3-2-9-16(19)13-18-17(21)15-8-4-6-14(12-15)7-5-11-20/h4,6,8,12,16,20H,2-3,9-11,13H2,1H3,(H,18,21). The molecule has 0 aromatic heterocycles. The van der Waals surface area contributed by atoms with Gasteiger partial charge in [-0.25, -0.2) is 0 Å². The van der Waals surface area contributed by atoms with Gasteiger partial charge in [-0.05, 0) is 44.6 Å². The van der Waals surface area contributed by atoms with Gasteiger partial charge in [0, 0.05) is 23.7 Å². The molecule has 2 N–H and O–H groups in total. The first-order chi connectivity index (χ1) is 10.2. The third kappa shape index (κ3) is 4.59. The number of amides is 1. The fourth-order valence-electron chi connectivity index (χ4n) is 2.59. The van der Waals surface area contributed by atoms with Gasteiger partial charge in [0.1, 0.15) is 6.61 Å². The molecule has 1 saturated heterocycles. The lowest BCUT2D eigenvalue weighted by atomic mass is 10.0. The third-order valence-electron chi connectivity index (χ3n) is 3.86. The van der Waals surface area contributed by atoms with E-state index >= 15 is 0 Å². The van der Waals surface area contributed by atoms with Gasteiger partial charge >= 0.3 is 0 Å². The highest BCUT2D eigenvalue weighted by atomic mass is 16.2. The number of nitrogens with one attached hydrogen (secondary N) is 1. The molecule has 1 aliphatic rings. The Balaban J connectivity index is 1.93. The Labute approximate surface area is 126 Å². The highest BCUT2D eigenvalue weighted by molar-refractivity contribution is 5.94. The van der Waals surface area contributed by atoms with Crippen LogP contribution < -0.4 is 5.32 Å². The Hall–Kier alpha value is -1.83. The first-order valence-corrected chi connectivity index (χ1v) is 7.39. The van der Waals surface area contributed by atoms with Crippen molar-refractivity contribution in [2.24, 2.45) is 0 Å². The summed E-state index contributed by atoms with van der Waals surface area (Å²) >= 11 is 0. The monoisotopic (exact) mass is 286 g/mol. The van der Waals surface area contributed by atoms with Crippen LogP contribution in [0.4, 0.5) is 0 Å². The topological polar surface area (TPSA) is 52.6 Å². The average molecular weight is 286 g/mol. The number of hydrogen-bond acceptors (Lipinski definition) is 3. The molecule has 1 aliphatic heterocycles. The first kappa shape index (κ1) is 15.6. The second-order valence-corrected chi connectivity index (χ2v) is 5.38. The summed E-state index contributed by atoms with van der Waals surface area (Å²) in [7, 11) is 2.11. The molecule has 1 heterocycles. The highest BCUT2D eigenvalue weighted by Gasteiger charge is 2.19. The molecule has 0 aliphatic carbocycles. The molecule has 4 nitrogen and oxygen atoms in total. The van der Waals surface area contributed by atoms with Gasteiger partial charge in [0.05, 0.1) is 0 Å². The van der Waals surface area contributed by atoms with Crippen LogP contribution in [-0.4, -0.2) is 48.7 Å². The molecule has 1 aromatic carbocycles. The molecule has 1 aromatic rings. The highest BCUT2D eigenvalue weighted by Crippen LogP contribution is 2.14. The molecule has 1 unspecified atom stereocenters. The van der Waals surface area contributed by atoms with E-state index in [1.54, 1.807) is 12.1 Å². The first-order valence-electron chi connectivity index (χ1n) is 7.39. The maximum Gasteiger partial charge on any atom is 0.251 e. The lowest BCUT2D eigenvalue weighted by molar-refractivity contribution is 0.0928. The number of carbonyl (C=O) groups is 1. The van der Waals surface area contributed by atoms with Crippen molar-refractivity contribution < 1.29 is 9.90 Å². The van der Waals surface area contributed by atoms with Crippen molar-refractivity contribution in [3.63, 3.8) is 0 Å². The summed E-state index contributed by atoms with van der Waals surface area (Å²) in [6.45, 7) is 1.61. The molecule has 1 amide bonds. The predicted octanol–water partition coefficient (Wildman–Crippen LogP) is 1.24. The van der Waals surface area contributed by atoms with Crippen molar-refractivity contribution in [1.29, 1.82) is 0 Å². The number of aliphatic hydroxyl groups is 1. The Bertz CT molecular complexity index is 545. The van der Waals surface area contributed by atoms with Crippen LogP contribution in [0, 0.1) is 11.8 Å². The summed E-state index contributed by atoms with van der Waals surface area (Å²) in [5, 5.41) is 11.7. The Morgan fingerprint density at radius 1 is 1.48 bits per heavy atom. The van der Waals surface area contributed by atoms with E-state index in [1.807, 2.05) is 12.1 Å². The molecule has 4 heteroatoms. The van der Waals surface area contributed by atoms with E-state index in [2.05, 4.69) is 29.1 Å². The largest absolute Gasteiger partial charge is 0.384 e. The SMILES string of the molecule is CN1CCCCC1CNC(=O)c1cccc(C#CCO)c1. The molecule has 2 rings (SSSR count). The number of carbonyl (C=O) groups excluding carboxylic acids is 1. The number of likely N-dealkylation sites (tertiary alicyclic amines) is 1. The van der Waals surface area contributed by atoms with Crippen molar-refractivity contribution in [3.8, 4) is 11.8 Å². The number of nitrogens with zero attached hydrogens (tertiary/aromatic N) is 1. The molecule has 0 bridgehead atoms. The Kier molecular flexibility index (Phi) is 5.79. The van der Waals surface area contributed by atoms with E-state index < -0.39 is 0 Å². The molecule has 0 saturated carbocycles. The second-order valence-electron chi connectivity index (χ2n) is 5.38. The molecule has 21 heavy (non-hydrogen) atoms.